The Hall–Kier alpha value is -0.538. The van der Waals surface area contributed by atoms with Crippen molar-refractivity contribution in [2.45, 2.75) is 0 Å². The Kier molecular flexibility index (Phi) is 4.28. The predicted octanol–water partition coefficient (Wildman–Crippen LogP) is -0.316. The molecule has 1 aromatic rings. The minimum Gasteiger partial charge on any atom is -0.362 e. The Labute approximate surface area is 81.3 Å². The lowest BCUT2D eigenvalue weighted by atomic mass is 10.3. The van der Waals surface area contributed by atoms with Gasteiger partial charge in [-0.2, -0.15) is 8.42 Å². The van der Waals surface area contributed by atoms with Crippen molar-refractivity contribution < 1.29 is 17.2 Å². The number of hydrogen-bond acceptors (Lipinski definition) is 3. The van der Waals surface area contributed by atoms with Crippen LogP contribution in [0.15, 0.2) is 30.3 Å². The highest BCUT2D eigenvalue weighted by Gasteiger charge is 2.04. The van der Waals surface area contributed by atoms with Crippen molar-refractivity contribution in [3.8, 4) is 5.75 Å². The van der Waals surface area contributed by atoms with Crippen LogP contribution in [-0.2, 0) is 10.4 Å². The van der Waals surface area contributed by atoms with E-state index in [4.69, 9.17) is 4.55 Å². The zero-order valence-electron chi connectivity index (χ0n) is 5.47. The second-order valence-electron chi connectivity index (χ2n) is 1.82. The molecular weight excluding hydrogens is 195 g/mol. The van der Waals surface area contributed by atoms with E-state index in [0.717, 1.165) is 0 Å². The van der Waals surface area contributed by atoms with Crippen LogP contribution in [0.2, 0.25) is 0 Å². The molecule has 1 aromatic carbocycles. The molecule has 0 spiro atoms. The fourth-order valence-corrected chi connectivity index (χ4v) is 0.952. The largest absolute Gasteiger partial charge is 0.446 e. The number of rotatable bonds is 2. The number of benzene rings is 1. The first-order chi connectivity index (χ1) is 5.08. The third-order valence-electron chi connectivity index (χ3n) is 0.945. The number of hydrogen-bond donors (Lipinski definition) is 1. The van der Waals surface area contributed by atoms with Gasteiger partial charge in [-0.1, -0.05) is 18.2 Å². The Morgan fingerprint density at radius 3 is 2.08 bits per heavy atom. The van der Waals surface area contributed by atoms with Crippen molar-refractivity contribution in [3.05, 3.63) is 30.3 Å². The highest BCUT2D eigenvalue weighted by atomic mass is 32.3. The van der Waals surface area contributed by atoms with Gasteiger partial charge < -0.3 is 4.18 Å². The van der Waals surface area contributed by atoms with Gasteiger partial charge in [0.15, 0.2) is 17.4 Å². The average molecular weight is 204 g/mol. The van der Waals surface area contributed by atoms with E-state index < -0.39 is 10.4 Å². The van der Waals surface area contributed by atoms with Crippen molar-refractivity contribution in [1.82, 2.24) is 0 Å². The lowest BCUT2D eigenvalue weighted by Gasteiger charge is -1.98. The maximum Gasteiger partial charge on any atom is 0.446 e. The summed E-state index contributed by atoms with van der Waals surface area (Å²) < 4.78 is 32.6. The Morgan fingerprint density at radius 2 is 1.67 bits per heavy atom. The zero-order chi connectivity index (χ0) is 8.32. The molecular formula is C6H9AlO4S. The highest BCUT2D eigenvalue weighted by Crippen LogP contribution is 2.09. The molecule has 66 valence electrons. The Bertz CT molecular complexity index is 321. The van der Waals surface area contributed by atoms with Crippen molar-refractivity contribution in [1.29, 1.82) is 0 Å². The minimum absolute atomic E-state index is 0. The molecule has 0 aromatic heterocycles. The van der Waals surface area contributed by atoms with Crippen molar-refractivity contribution in [2.75, 3.05) is 0 Å². The highest BCUT2D eigenvalue weighted by molar-refractivity contribution is 7.81. The van der Waals surface area contributed by atoms with Gasteiger partial charge in [0, 0.05) is 0 Å². The first-order valence-electron chi connectivity index (χ1n) is 2.80. The van der Waals surface area contributed by atoms with Gasteiger partial charge in [0.25, 0.3) is 0 Å². The molecule has 0 bridgehead atoms. The molecule has 0 radical (unpaired) electrons. The minimum atomic E-state index is -4.38. The molecule has 0 heterocycles. The summed E-state index contributed by atoms with van der Waals surface area (Å²) in [4.78, 5) is 0. The van der Waals surface area contributed by atoms with Crippen LogP contribution in [0.25, 0.3) is 0 Å². The summed E-state index contributed by atoms with van der Waals surface area (Å²) in [5.41, 5.74) is 0. The molecule has 0 atom stereocenters. The maximum atomic E-state index is 10.1. The molecule has 4 nitrogen and oxygen atoms in total. The second kappa shape index (κ2) is 4.48. The van der Waals surface area contributed by atoms with Gasteiger partial charge >= 0.3 is 10.4 Å². The smallest absolute Gasteiger partial charge is 0.362 e. The van der Waals surface area contributed by atoms with Crippen LogP contribution in [0, 0.1) is 0 Å². The first kappa shape index (κ1) is 11.5. The summed E-state index contributed by atoms with van der Waals surface area (Å²) in [5.74, 6) is 0.0926. The van der Waals surface area contributed by atoms with Crippen molar-refractivity contribution in [3.63, 3.8) is 0 Å². The molecule has 1 N–H and O–H groups in total. The molecule has 6 heteroatoms. The Morgan fingerprint density at radius 1 is 1.17 bits per heavy atom. The summed E-state index contributed by atoms with van der Waals surface area (Å²) in [6.45, 7) is 0. The standard InChI is InChI=1S/C6H6O4S.Al.3H/c7-11(8,9)10-6-4-2-1-3-5-6;;;;/h1-5H,(H,7,8,9);;;;. The molecule has 0 amide bonds. The molecule has 0 aliphatic rings. The maximum absolute atomic E-state index is 10.1. The van der Waals surface area contributed by atoms with Crippen LogP contribution in [0.5, 0.6) is 5.75 Å². The van der Waals surface area contributed by atoms with E-state index in [9.17, 15) is 8.42 Å². The molecule has 0 aliphatic heterocycles. The van der Waals surface area contributed by atoms with Gasteiger partial charge in [0.2, 0.25) is 0 Å². The van der Waals surface area contributed by atoms with Gasteiger partial charge in [0.05, 0.1) is 0 Å². The van der Waals surface area contributed by atoms with Crippen LogP contribution in [0.4, 0.5) is 0 Å². The average Bonchev–Trinajstić information content (AvgIpc) is 1.85. The fourth-order valence-electron chi connectivity index (χ4n) is 0.598. The Balaban J connectivity index is 0.00000121. The van der Waals surface area contributed by atoms with E-state index in [1.54, 1.807) is 18.2 Å². The van der Waals surface area contributed by atoms with Crippen LogP contribution in [0.1, 0.15) is 0 Å². The molecule has 0 saturated carbocycles. The monoisotopic (exact) mass is 204 g/mol. The molecule has 12 heavy (non-hydrogen) atoms. The van der Waals surface area contributed by atoms with Gasteiger partial charge in [-0.25, -0.2) is 0 Å². The fraction of sp³-hybridized carbons (Fsp3) is 0. The molecule has 0 fully saturated rings. The summed E-state index contributed by atoms with van der Waals surface area (Å²) in [7, 11) is -4.38. The van der Waals surface area contributed by atoms with Gasteiger partial charge in [-0.3, -0.25) is 4.55 Å². The van der Waals surface area contributed by atoms with Crippen molar-refractivity contribution in [2.24, 2.45) is 0 Å². The second-order valence-corrected chi connectivity index (χ2v) is 2.85. The third-order valence-corrected chi connectivity index (χ3v) is 1.35. The first-order valence-corrected chi connectivity index (χ1v) is 4.16. The topological polar surface area (TPSA) is 63.6 Å². The van der Waals surface area contributed by atoms with Crippen LogP contribution < -0.4 is 4.18 Å². The van der Waals surface area contributed by atoms with E-state index in [0.29, 0.717) is 0 Å². The lowest BCUT2D eigenvalue weighted by molar-refractivity contribution is 0.387. The van der Waals surface area contributed by atoms with Crippen LogP contribution in [0.3, 0.4) is 0 Å². The molecule has 0 saturated heterocycles. The third kappa shape index (κ3) is 4.36. The van der Waals surface area contributed by atoms with Crippen LogP contribution >= 0.6 is 0 Å². The zero-order valence-corrected chi connectivity index (χ0v) is 6.28. The van der Waals surface area contributed by atoms with E-state index in [2.05, 4.69) is 4.18 Å². The van der Waals surface area contributed by atoms with Gasteiger partial charge in [-0.05, 0) is 12.1 Å². The van der Waals surface area contributed by atoms with E-state index in [1.165, 1.54) is 12.1 Å². The van der Waals surface area contributed by atoms with Gasteiger partial charge in [-0.15, -0.1) is 0 Å². The summed E-state index contributed by atoms with van der Waals surface area (Å²) in [6, 6.07) is 7.75. The SMILES string of the molecule is O=S(=O)(O)Oc1ccccc1.[AlH3]. The normalized spacial score (nSPS) is 10.1. The lowest BCUT2D eigenvalue weighted by Crippen LogP contribution is -2.06. The summed E-state index contributed by atoms with van der Waals surface area (Å²) in [6.07, 6.45) is 0. The molecule has 0 unspecified atom stereocenters. The van der Waals surface area contributed by atoms with Crippen molar-refractivity contribution >= 4 is 27.8 Å². The summed E-state index contributed by atoms with van der Waals surface area (Å²) in [5, 5.41) is 0. The number of para-hydroxylation sites is 1. The van der Waals surface area contributed by atoms with E-state index >= 15 is 0 Å². The van der Waals surface area contributed by atoms with Gasteiger partial charge in [0.1, 0.15) is 5.75 Å². The van der Waals surface area contributed by atoms with Crippen LogP contribution in [-0.4, -0.2) is 30.3 Å². The molecule has 1 rings (SSSR count). The van der Waals surface area contributed by atoms with E-state index in [1.807, 2.05) is 0 Å². The quantitative estimate of drug-likeness (QED) is 0.530. The molecule has 0 aliphatic carbocycles. The predicted molar refractivity (Wildman–Crippen MR) is 48.6 cm³/mol. The summed E-state index contributed by atoms with van der Waals surface area (Å²) >= 11 is 0. The van der Waals surface area contributed by atoms with E-state index in [-0.39, 0.29) is 23.1 Å².